The number of nitro groups is 1. The van der Waals surface area contributed by atoms with Gasteiger partial charge in [-0.1, -0.05) is 30.0 Å². The van der Waals surface area contributed by atoms with Crippen molar-refractivity contribution in [3.8, 4) is 5.75 Å². The number of rotatable bonds is 7. The SMILES string of the molecule is COc1cc(C(=O)/C=C/c2cccc([N+](=O)[O-])c2)ccc1SC(F)F. The van der Waals surface area contributed by atoms with Gasteiger partial charge in [0.15, 0.2) is 5.78 Å². The average molecular weight is 365 g/mol. The Bertz CT molecular complexity index is 824. The molecule has 0 saturated heterocycles. The number of halogens is 2. The smallest absolute Gasteiger partial charge is 0.289 e. The van der Waals surface area contributed by atoms with Crippen molar-refractivity contribution in [1.29, 1.82) is 0 Å². The second-order valence-corrected chi connectivity index (χ2v) is 5.83. The molecule has 0 saturated carbocycles. The molecule has 2 rings (SSSR count). The highest BCUT2D eigenvalue weighted by atomic mass is 32.2. The molecular formula is C17H13F2NO4S. The molecule has 0 radical (unpaired) electrons. The van der Waals surface area contributed by atoms with Gasteiger partial charge < -0.3 is 4.74 Å². The van der Waals surface area contributed by atoms with Crippen molar-refractivity contribution in [3.05, 3.63) is 69.8 Å². The largest absolute Gasteiger partial charge is 0.496 e. The number of alkyl halides is 2. The van der Waals surface area contributed by atoms with E-state index in [1.54, 1.807) is 6.07 Å². The molecule has 2 aromatic carbocycles. The highest BCUT2D eigenvalue weighted by Gasteiger charge is 2.13. The minimum atomic E-state index is -2.59. The molecule has 0 unspecified atom stereocenters. The number of nitro benzene ring substituents is 1. The van der Waals surface area contributed by atoms with Crippen molar-refractivity contribution < 1.29 is 23.2 Å². The van der Waals surface area contributed by atoms with Crippen LogP contribution in [0.25, 0.3) is 6.08 Å². The molecule has 0 aliphatic carbocycles. The van der Waals surface area contributed by atoms with Crippen molar-refractivity contribution in [2.45, 2.75) is 10.7 Å². The predicted octanol–water partition coefficient (Wildman–Crippen LogP) is 4.81. The highest BCUT2D eigenvalue weighted by Crippen LogP contribution is 2.34. The summed E-state index contributed by atoms with van der Waals surface area (Å²) in [7, 11) is 1.33. The fourth-order valence-electron chi connectivity index (χ4n) is 2.02. The summed E-state index contributed by atoms with van der Waals surface area (Å²) in [5.41, 5.74) is 0.682. The van der Waals surface area contributed by atoms with Gasteiger partial charge in [0, 0.05) is 17.7 Å². The normalized spacial score (nSPS) is 11.0. The zero-order valence-corrected chi connectivity index (χ0v) is 13.8. The van der Waals surface area contributed by atoms with Gasteiger partial charge in [-0.2, -0.15) is 8.78 Å². The first-order chi connectivity index (χ1) is 11.9. The quantitative estimate of drug-likeness (QED) is 0.231. The van der Waals surface area contributed by atoms with Crippen LogP contribution in [0.15, 0.2) is 53.4 Å². The first-order valence-electron chi connectivity index (χ1n) is 7.00. The lowest BCUT2D eigenvalue weighted by molar-refractivity contribution is -0.384. The van der Waals surface area contributed by atoms with E-state index < -0.39 is 10.7 Å². The van der Waals surface area contributed by atoms with E-state index in [2.05, 4.69) is 0 Å². The molecule has 25 heavy (non-hydrogen) atoms. The molecule has 0 heterocycles. The number of ether oxygens (including phenoxy) is 1. The van der Waals surface area contributed by atoms with E-state index in [0.29, 0.717) is 17.3 Å². The monoisotopic (exact) mass is 365 g/mol. The van der Waals surface area contributed by atoms with Crippen LogP contribution in [0.5, 0.6) is 5.75 Å². The molecule has 8 heteroatoms. The number of hydrogen-bond acceptors (Lipinski definition) is 5. The van der Waals surface area contributed by atoms with E-state index in [1.165, 1.54) is 55.7 Å². The Labute approximate surface area is 146 Å². The lowest BCUT2D eigenvalue weighted by Crippen LogP contribution is -1.97. The first-order valence-corrected chi connectivity index (χ1v) is 7.88. The molecule has 0 aliphatic heterocycles. The van der Waals surface area contributed by atoms with Crippen molar-refractivity contribution in [2.24, 2.45) is 0 Å². The Morgan fingerprint density at radius 1 is 1.28 bits per heavy atom. The molecule has 2 aromatic rings. The number of nitrogens with zero attached hydrogens (tertiary/aromatic N) is 1. The summed E-state index contributed by atoms with van der Waals surface area (Å²) in [6, 6.07) is 10.0. The van der Waals surface area contributed by atoms with Crippen LogP contribution in [-0.2, 0) is 0 Å². The summed E-state index contributed by atoms with van der Waals surface area (Å²) >= 11 is 0.333. The van der Waals surface area contributed by atoms with E-state index >= 15 is 0 Å². The maximum Gasteiger partial charge on any atom is 0.289 e. The lowest BCUT2D eigenvalue weighted by Gasteiger charge is -2.08. The zero-order valence-electron chi connectivity index (χ0n) is 13.0. The number of thioether (sulfide) groups is 1. The number of ketones is 1. The summed E-state index contributed by atoms with van der Waals surface area (Å²) < 4.78 is 30.0. The Balaban J connectivity index is 2.20. The van der Waals surface area contributed by atoms with Crippen LogP contribution in [0.4, 0.5) is 14.5 Å². The maximum absolute atomic E-state index is 12.5. The maximum atomic E-state index is 12.5. The van der Waals surface area contributed by atoms with E-state index in [0.717, 1.165) is 0 Å². The van der Waals surface area contributed by atoms with Gasteiger partial charge in [0.2, 0.25) is 0 Å². The third-order valence-electron chi connectivity index (χ3n) is 3.17. The van der Waals surface area contributed by atoms with E-state index in [9.17, 15) is 23.7 Å². The lowest BCUT2D eigenvalue weighted by atomic mass is 10.1. The summed E-state index contributed by atoms with van der Waals surface area (Å²) in [6.45, 7) is 0. The van der Waals surface area contributed by atoms with Gasteiger partial charge >= 0.3 is 0 Å². The van der Waals surface area contributed by atoms with Gasteiger partial charge in [-0.3, -0.25) is 14.9 Å². The molecule has 0 aromatic heterocycles. The third-order valence-corrected chi connectivity index (χ3v) is 3.94. The van der Waals surface area contributed by atoms with Gasteiger partial charge in [0.05, 0.1) is 16.9 Å². The van der Waals surface area contributed by atoms with Crippen LogP contribution in [0.3, 0.4) is 0 Å². The van der Waals surface area contributed by atoms with E-state index in [1.807, 2.05) is 0 Å². The Morgan fingerprint density at radius 2 is 2.04 bits per heavy atom. The second kappa shape index (κ2) is 8.39. The Hall–Kier alpha value is -2.74. The van der Waals surface area contributed by atoms with Gasteiger partial charge in [0.25, 0.3) is 11.4 Å². The van der Waals surface area contributed by atoms with Gasteiger partial charge in [-0.05, 0) is 29.8 Å². The van der Waals surface area contributed by atoms with Crippen LogP contribution in [-0.4, -0.2) is 23.6 Å². The number of carbonyl (C=O) groups is 1. The number of carbonyl (C=O) groups excluding carboxylic acids is 1. The van der Waals surface area contributed by atoms with E-state index in [4.69, 9.17) is 4.74 Å². The summed E-state index contributed by atoms with van der Waals surface area (Å²) in [6.07, 6.45) is 2.71. The van der Waals surface area contributed by atoms with Gasteiger partial charge in [-0.25, -0.2) is 0 Å². The fourth-order valence-corrected chi connectivity index (χ4v) is 2.62. The van der Waals surface area contributed by atoms with Crippen molar-refractivity contribution >= 4 is 29.3 Å². The van der Waals surface area contributed by atoms with Crippen LogP contribution in [0.1, 0.15) is 15.9 Å². The molecule has 5 nitrogen and oxygen atoms in total. The average Bonchev–Trinajstić information content (AvgIpc) is 2.59. The predicted molar refractivity (Wildman–Crippen MR) is 91.3 cm³/mol. The summed E-state index contributed by atoms with van der Waals surface area (Å²) in [5.74, 6) is -2.79. The number of non-ortho nitro benzene ring substituents is 1. The topological polar surface area (TPSA) is 69.4 Å². The highest BCUT2D eigenvalue weighted by molar-refractivity contribution is 7.99. The number of benzene rings is 2. The molecule has 0 atom stereocenters. The van der Waals surface area contributed by atoms with Crippen LogP contribution in [0.2, 0.25) is 0 Å². The fraction of sp³-hybridized carbons (Fsp3) is 0.118. The van der Waals surface area contributed by atoms with Crippen LogP contribution >= 0.6 is 11.8 Å². The summed E-state index contributed by atoms with van der Waals surface area (Å²) in [4.78, 5) is 22.7. The molecule has 0 fully saturated rings. The molecule has 0 aliphatic rings. The first kappa shape index (κ1) is 18.6. The van der Waals surface area contributed by atoms with Crippen LogP contribution < -0.4 is 4.74 Å². The Kier molecular flexibility index (Phi) is 6.24. The van der Waals surface area contributed by atoms with E-state index in [-0.39, 0.29) is 27.7 Å². The van der Waals surface area contributed by atoms with Crippen molar-refractivity contribution in [3.63, 3.8) is 0 Å². The van der Waals surface area contributed by atoms with Crippen LogP contribution in [0, 0.1) is 10.1 Å². The third kappa shape index (κ3) is 5.12. The molecule has 130 valence electrons. The molecule has 0 spiro atoms. The van der Waals surface area contributed by atoms with Gasteiger partial charge in [0.1, 0.15) is 5.75 Å². The molecule has 0 amide bonds. The minimum absolute atomic E-state index is 0.0790. The molecule has 0 N–H and O–H groups in total. The zero-order chi connectivity index (χ0) is 18.4. The van der Waals surface area contributed by atoms with Crippen molar-refractivity contribution in [1.82, 2.24) is 0 Å². The number of methoxy groups -OCH3 is 1. The number of allylic oxidation sites excluding steroid dienone is 1. The minimum Gasteiger partial charge on any atom is -0.496 e. The Morgan fingerprint density at radius 3 is 2.68 bits per heavy atom. The second-order valence-electron chi connectivity index (χ2n) is 4.79. The standard InChI is InChI=1S/C17H13F2NO4S/c1-24-15-10-12(6-8-16(15)25-17(18)19)14(21)7-5-11-3-2-4-13(9-11)20(22)23/h2-10,17H,1H3/b7-5+. The molecule has 0 bridgehead atoms. The van der Waals surface area contributed by atoms with Gasteiger partial charge in [-0.15, -0.1) is 0 Å². The van der Waals surface area contributed by atoms with Crippen molar-refractivity contribution in [2.75, 3.05) is 7.11 Å². The summed E-state index contributed by atoms with van der Waals surface area (Å²) in [5, 5.41) is 10.7. The molecular weight excluding hydrogens is 352 g/mol. The number of hydrogen-bond donors (Lipinski definition) is 0.